The molecule has 1 heterocycles. The lowest BCUT2D eigenvalue weighted by atomic mass is 10.2. The number of rotatable bonds is 8. The van der Waals surface area contributed by atoms with Gasteiger partial charge < -0.3 is 9.80 Å². The van der Waals surface area contributed by atoms with Crippen molar-refractivity contribution in [2.75, 3.05) is 13.1 Å². The lowest BCUT2D eigenvalue weighted by molar-refractivity contribution is 0.140. The van der Waals surface area contributed by atoms with Crippen LogP contribution in [0.5, 0.6) is 0 Å². The first-order valence-corrected chi connectivity index (χ1v) is 7.03. The van der Waals surface area contributed by atoms with E-state index in [2.05, 4.69) is 43.0 Å². The van der Waals surface area contributed by atoms with Gasteiger partial charge in [0, 0.05) is 25.5 Å². The maximum Gasteiger partial charge on any atom is 0.101 e. The van der Waals surface area contributed by atoms with Crippen LogP contribution in [-0.2, 0) is 0 Å². The molecule has 0 saturated carbocycles. The van der Waals surface area contributed by atoms with Gasteiger partial charge in [0.2, 0.25) is 0 Å². The second-order valence-electron chi connectivity index (χ2n) is 4.75. The SMILES string of the molecule is CCCCCN1C=CN(CCC)C1CCC. The van der Waals surface area contributed by atoms with Gasteiger partial charge in [0.15, 0.2) is 0 Å². The van der Waals surface area contributed by atoms with Crippen molar-refractivity contribution >= 4 is 0 Å². The molecule has 0 aromatic heterocycles. The topological polar surface area (TPSA) is 6.48 Å². The van der Waals surface area contributed by atoms with E-state index in [0.717, 1.165) is 0 Å². The fourth-order valence-electron chi connectivity index (χ4n) is 2.40. The van der Waals surface area contributed by atoms with Crippen LogP contribution in [0.4, 0.5) is 0 Å². The summed E-state index contributed by atoms with van der Waals surface area (Å²) in [4.78, 5) is 5.05. The van der Waals surface area contributed by atoms with Crippen LogP contribution in [0.15, 0.2) is 12.4 Å². The summed E-state index contributed by atoms with van der Waals surface area (Å²) in [6.07, 6.45) is 13.0. The van der Waals surface area contributed by atoms with Crippen molar-refractivity contribution in [2.45, 2.75) is 65.5 Å². The van der Waals surface area contributed by atoms with Crippen molar-refractivity contribution in [3.05, 3.63) is 12.4 Å². The van der Waals surface area contributed by atoms with E-state index in [-0.39, 0.29) is 0 Å². The molecule has 0 aromatic rings. The van der Waals surface area contributed by atoms with Gasteiger partial charge in [-0.2, -0.15) is 0 Å². The predicted molar refractivity (Wildman–Crippen MR) is 71.1 cm³/mol. The molecule has 1 aliphatic heterocycles. The predicted octanol–water partition coefficient (Wildman–Crippen LogP) is 3.80. The van der Waals surface area contributed by atoms with Gasteiger partial charge in [0.1, 0.15) is 6.17 Å². The lowest BCUT2D eigenvalue weighted by Gasteiger charge is -2.32. The summed E-state index contributed by atoms with van der Waals surface area (Å²) in [5, 5.41) is 0. The molecule has 1 unspecified atom stereocenters. The van der Waals surface area contributed by atoms with Crippen LogP contribution in [0.3, 0.4) is 0 Å². The molecule has 0 spiro atoms. The summed E-state index contributed by atoms with van der Waals surface area (Å²) in [5.74, 6) is 0. The summed E-state index contributed by atoms with van der Waals surface area (Å²) in [6.45, 7) is 9.25. The zero-order valence-corrected chi connectivity index (χ0v) is 11.3. The van der Waals surface area contributed by atoms with E-state index in [4.69, 9.17) is 0 Å². The molecule has 16 heavy (non-hydrogen) atoms. The average Bonchev–Trinajstić information content (AvgIpc) is 2.64. The minimum absolute atomic E-state index is 0.641. The summed E-state index contributed by atoms with van der Waals surface area (Å²) < 4.78 is 0. The van der Waals surface area contributed by atoms with E-state index in [1.807, 2.05) is 0 Å². The molecule has 1 aliphatic rings. The van der Waals surface area contributed by atoms with Gasteiger partial charge in [-0.3, -0.25) is 0 Å². The standard InChI is InChI=1S/C14H28N2/c1-4-7-8-11-16-13-12-15(10-6-3)14(16)9-5-2/h12-14H,4-11H2,1-3H3. The van der Waals surface area contributed by atoms with Crippen LogP contribution in [0.1, 0.15) is 59.3 Å². The van der Waals surface area contributed by atoms with Crippen molar-refractivity contribution in [3.63, 3.8) is 0 Å². The monoisotopic (exact) mass is 224 g/mol. The molecule has 0 radical (unpaired) electrons. The van der Waals surface area contributed by atoms with Crippen LogP contribution in [-0.4, -0.2) is 29.1 Å². The smallest absolute Gasteiger partial charge is 0.101 e. The van der Waals surface area contributed by atoms with Gasteiger partial charge in [0.25, 0.3) is 0 Å². The summed E-state index contributed by atoms with van der Waals surface area (Å²) >= 11 is 0. The highest BCUT2D eigenvalue weighted by molar-refractivity contribution is 4.96. The van der Waals surface area contributed by atoms with Gasteiger partial charge >= 0.3 is 0 Å². The molecule has 0 bridgehead atoms. The Labute approximate surface area is 101 Å². The van der Waals surface area contributed by atoms with E-state index in [9.17, 15) is 0 Å². The molecule has 0 fully saturated rings. The van der Waals surface area contributed by atoms with Crippen molar-refractivity contribution in [1.29, 1.82) is 0 Å². The van der Waals surface area contributed by atoms with E-state index < -0.39 is 0 Å². The van der Waals surface area contributed by atoms with Gasteiger partial charge in [-0.05, 0) is 19.3 Å². The molecule has 94 valence electrons. The van der Waals surface area contributed by atoms with Crippen LogP contribution < -0.4 is 0 Å². The van der Waals surface area contributed by atoms with E-state index in [1.54, 1.807) is 0 Å². The normalized spacial score (nSPS) is 19.8. The first-order chi connectivity index (χ1) is 7.83. The molecule has 0 amide bonds. The Morgan fingerprint density at radius 1 is 0.812 bits per heavy atom. The second kappa shape index (κ2) is 7.59. The van der Waals surface area contributed by atoms with Gasteiger partial charge in [-0.1, -0.05) is 40.0 Å². The Balaban J connectivity index is 2.40. The lowest BCUT2D eigenvalue weighted by Crippen LogP contribution is -2.39. The third-order valence-corrected chi connectivity index (χ3v) is 3.26. The Morgan fingerprint density at radius 3 is 2.06 bits per heavy atom. The maximum absolute atomic E-state index is 2.54. The van der Waals surface area contributed by atoms with Crippen molar-refractivity contribution in [3.8, 4) is 0 Å². The van der Waals surface area contributed by atoms with Gasteiger partial charge in [-0.25, -0.2) is 0 Å². The average molecular weight is 224 g/mol. The highest BCUT2D eigenvalue weighted by Crippen LogP contribution is 2.21. The zero-order chi connectivity index (χ0) is 11.8. The first kappa shape index (κ1) is 13.4. The molecule has 1 atom stereocenters. The molecule has 0 aromatic carbocycles. The highest BCUT2D eigenvalue weighted by Gasteiger charge is 2.23. The summed E-state index contributed by atoms with van der Waals surface area (Å²) in [7, 11) is 0. The molecule has 0 saturated heterocycles. The number of hydrogen-bond acceptors (Lipinski definition) is 2. The Morgan fingerprint density at radius 2 is 1.50 bits per heavy atom. The quantitative estimate of drug-likeness (QED) is 0.579. The molecule has 0 N–H and O–H groups in total. The Kier molecular flexibility index (Phi) is 6.36. The Hall–Kier alpha value is -0.660. The summed E-state index contributed by atoms with van der Waals surface area (Å²) in [5.41, 5.74) is 0. The molecule has 0 aliphatic carbocycles. The molecule has 1 rings (SSSR count). The molecule has 2 nitrogen and oxygen atoms in total. The van der Waals surface area contributed by atoms with Crippen LogP contribution >= 0.6 is 0 Å². The van der Waals surface area contributed by atoms with Crippen LogP contribution in [0, 0.1) is 0 Å². The van der Waals surface area contributed by atoms with Crippen molar-refractivity contribution < 1.29 is 0 Å². The second-order valence-corrected chi connectivity index (χ2v) is 4.75. The van der Waals surface area contributed by atoms with E-state index in [1.165, 1.54) is 51.6 Å². The molecular weight excluding hydrogens is 196 g/mol. The van der Waals surface area contributed by atoms with Crippen LogP contribution in [0.2, 0.25) is 0 Å². The molecule has 2 heteroatoms. The largest absolute Gasteiger partial charge is 0.356 e. The van der Waals surface area contributed by atoms with Crippen molar-refractivity contribution in [1.82, 2.24) is 9.80 Å². The number of nitrogens with zero attached hydrogens (tertiary/aromatic N) is 2. The zero-order valence-electron chi connectivity index (χ0n) is 11.3. The number of hydrogen-bond donors (Lipinski definition) is 0. The van der Waals surface area contributed by atoms with E-state index in [0.29, 0.717) is 6.17 Å². The third-order valence-electron chi connectivity index (χ3n) is 3.26. The minimum atomic E-state index is 0.641. The highest BCUT2D eigenvalue weighted by atomic mass is 15.4. The Bertz CT molecular complexity index is 201. The fourth-order valence-corrected chi connectivity index (χ4v) is 2.40. The van der Waals surface area contributed by atoms with Gasteiger partial charge in [0.05, 0.1) is 0 Å². The number of unbranched alkanes of at least 4 members (excludes halogenated alkanes) is 2. The minimum Gasteiger partial charge on any atom is -0.356 e. The van der Waals surface area contributed by atoms with E-state index >= 15 is 0 Å². The van der Waals surface area contributed by atoms with Crippen LogP contribution in [0.25, 0.3) is 0 Å². The van der Waals surface area contributed by atoms with Gasteiger partial charge in [-0.15, -0.1) is 0 Å². The molecular formula is C14H28N2. The fraction of sp³-hybridized carbons (Fsp3) is 0.857. The first-order valence-electron chi connectivity index (χ1n) is 7.03. The van der Waals surface area contributed by atoms with Crippen molar-refractivity contribution in [2.24, 2.45) is 0 Å². The maximum atomic E-state index is 2.54. The summed E-state index contributed by atoms with van der Waals surface area (Å²) in [6, 6.07) is 0. The third kappa shape index (κ3) is 3.73.